The molecule has 1 aliphatic rings. The Labute approximate surface area is 133 Å². The number of H-pyrrole nitrogens is 1. The summed E-state index contributed by atoms with van der Waals surface area (Å²) in [5.41, 5.74) is 0.712. The Morgan fingerprint density at radius 3 is 3.04 bits per heavy atom. The second-order valence-electron chi connectivity index (χ2n) is 5.90. The molecule has 7 nitrogen and oxygen atoms in total. The highest BCUT2D eigenvalue weighted by Gasteiger charge is 2.31. The van der Waals surface area contributed by atoms with Crippen molar-refractivity contribution in [1.82, 2.24) is 20.1 Å². The summed E-state index contributed by atoms with van der Waals surface area (Å²) in [6.07, 6.45) is 7.42. The van der Waals surface area contributed by atoms with Crippen molar-refractivity contribution in [3.8, 4) is 5.75 Å². The predicted molar refractivity (Wildman–Crippen MR) is 84.5 cm³/mol. The summed E-state index contributed by atoms with van der Waals surface area (Å²) in [7, 11) is 1.81. The van der Waals surface area contributed by atoms with Crippen LogP contribution in [0.1, 0.15) is 35.3 Å². The van der Waals surface area contributed by atoms with Gasteiger partial charge in [-0.3, -0.25) is 14.7 Å². The lowest BCUT2D eigenvalue weighted by atomic mass is 10.1. The zero-order valence-electron chi connectivity index (χ0n) is 13.2. The molecule has 2 heterocycles. The first-order valence-corrected chi connectivity index (χ1v) is 7.68. The maximum absolute atomic E-state index is 12.4. The molecule has 0 aliphatic heterocycles. The molecule has 3 rings (SSSR count). The standard InChI is InChI=1S/C16H20N4O3/c1-10-6-14(21)12(9-20(10)2)16(22)19-13-4-3-5-15(13)23-11-7-17-18-8-11/h6-9,13,15H,3-5H2,1-2H3,(H,17,18)(H,19,22)/t13-,15+/m0/s1. The van der Waals surface area contributed by atoms with Gasteiger partial charge in [0, 0.05) is 25.0 Å². The molecule has 2 atom stereocenters. The maximum atomic E-state index is 12.4. The Hall–Kier alpha value is -2.57. The van der Waals surface area contributed by atoms with Crippen molar-refractivity contribution in [2.75, 3.05) is 0 Å². The van der Waals surface area contributed by atoms with Crippen LogP contribution < -0.4 is 15.5 Å². The van der Waals surface area contributed by atoms with Gasteiger partial charge in [-0.05, 0) is 26.2 Å². The third-order valence-corrected chi connectivity index (χ3v) is 4.26. The minimum atomic E-state index is -0.349. The lowest BCUT2D eigenvalue weighted by molar-refractivity contribution is 0.0892. The molecule has 0 spiro atoms. The average molecular weight is 316 g/mol. The molecule has 1 amide bonds. The molecule has 1 saturated carbocycles. The second kappa shape index (κ2) is 6.28. The number of pyridine rings is 1. The Bertz CT molecular complexity index is 751. The number of rotatable bonds is 4. The zero-order valence-corrected chi connectivity index (χ0v) is 13.2. The van der Waals surface area contributed by atoms with Crippen LogP contribution in [-0.4, -0.2) is 32.8 Å². The van der Waals surface area contributed by atoms with Gasteiger partial charge in [-0.15, -0.1) is 0 Å². The summed E-state index contributed by atoms with van der Waals surface area (Å²) >= 11 is 0. The molecule has 23 heavy (non-hydrogen) atoms. The molecule has 0 radical (unpaired) electrons. The third kappa shape index (κ3) is 3.28. The number of hydrogen-bond donors (Lipinski definition) is 2. The van der Waals surface area contributed by atoms with E-state index in [0.29, 0.717) is 5.75 Å². The molecule has 0 saturated heterocycles. The van der Waals surface area contributed by atoms with Crippen LogP contribution >= 0.6 is 0 Å². The van der Waals surface area contributed by atoms with Crippen molar-refractivity contribution in [3.05, 3.63) is 46.1 Å². The Balaban J connectivity index is 1.72. The molecule has 1 aliphatic carbocycles. The highest BCUT2D eigenvalue weighted by atomic mass is 16.5. The smallest absolute Gasteiger partial charge is 0.257 e. The van der Waals surface area contributed by atoms with Gasteiger partial charge in [0.2, 0.25) is 0 Å². The van der Waals surface area contributed by atoms with Gasteiger partial charge in [-0.25, -0.2) is 0 Å². The highest BCUT2D eigenvalue weighted by Crippen LogP contribution is 2.24. The number of carbonyl (C=O) groups excluding carboxylic acids is 1. The van der Waals surface area contributed by atoms with Gasteiger partial charge < -0.3 is 14.6 Å². The minimum absolute atomic E-state index is 0.106. The number of hydrogen-bond acceptors (Lipinski definition) is 4. The number of aromatic nitrogens is 3. The first kappa shape index (κ1) is 15.3. The van der Waals surface area contributed by atoms with Crippen molar-refractivity contribution in [3.63, 3.8) is 0 Å². The van der Waals surface area contributed by atoms with E-state index >= 15 is 0 Å². The van der Waals surface area contributed by atoms with Crippen LogP contribution in [0, 0.1) is 6.92 Å². The van der Waals surface area contributed by atoms with Crippen LogP contribution in [0.25, 0.3) is 0 Å². The van der Waals surface area contributed by atoms with E-state index in [1.54, 1.807) is 23.2 Å². The van der Waals surface area contributed by atoms with E-state index in [2.05, 4.69) is 15.5 Å². The van der Waals surface area contributed by atoms with Gasteiger partial charge in [-0.2, -0.15) is 5.10 Å². The molecule has 0 aromatic carbocycles. The fraction of sp³-hybridized carbons (Fsp3) is 0.438. The summed E-state index contributed by atoms with van der Waals surface area (Å²) in [6.45, 7) is 1.83. The lowest BCUT2D eigenvalue weighted by Crippen LogP contribution is -2.43. The normalized spacial score (nSPS) is 20.4. The number of aryl methyl sites for hydroxylation is 2. The molecule has 2 aromatic heterocycles. The number of nitrogens with zero attached hydrogens (tertiary/aromatic N) is 2. The maximum Gasteiger partial charge on any atom is 0.257 e. The van der Waals surface area contributed by atoms with Crippen molar-refractivity contribution in [2.45, 2.75) is 38.3 Å². The zero-order chi connectivity index (χ0) is 16.4. The van der Waals surface area contributed by atoms with Crippen molar-refractivity contribution in [2.24, 2.45) is 7.05 Å². The van der Waals surface area contributed by atoms with Gasteiger partial charge in [0.15, 0.2) is 11.2 Å². The summed E-state index contributed by atoms with van der Waals surface area (Å²) in [5.74, 6) is 0.306. The van der Waals surface area contributed by atoms with E-state index in [4.69, 9.17) is 4.74 Å². The number of aromatic amines is 1. The highest BCUT2D eigenvalue weighted by molar-refractivity contribution is 5.94. The Kier molecular flexibility index (Phi) is 4.18. The van der Waals surface area contributed by atoms with Gasteiger partial charge in [0.05, 0.1) is 18.4 Å². The topological polar surface area (TPSA) is 89.0 Å². The fourth-order valence-electron chi connectivity index (χ4n) is 2.86. The third-order valence-electron chi connectivity index (χ3n) is 4.26. The SMILES string of the molecule is Cc1cc(=O)c(C(=O)N[C@H]2CCC[C@H]2Oc2cn[nH]c2)cn1C. The Morgan fingerprint density at radius 2 is 2.30 bits per heavy atom. The van der Waals surface area contributed by atoms with Crippen LogP contribution in [-0.2, 0) is 7.05 Å². The number of nitrogens with one attached hydrogen (secondary N) is 2. The van der Waals surface area contributed by atoms with E-state index < -0.39 is 0 Å². The largest absolute Gasteiger partial charge is 0.485 e. The lowest BCUT2D eigenvalue weighted by Gasteiger charge is -2.21. The summed E-state index contributed by atoms with van der Waals surface area (Å²) in [4.78, 5) is 24.5. The van der Waals surface area contributed by atoms with E-state index in [9.17, 15) is 9.59 Å². The number of ether oxygens (including phenoxy) is 1. The molecule has 2 N–H and O–H groups in total. The summed E-state index contributed by atoms with van der Waals surface area (Å²) in [5, 5.41) is 9.48. The Morgan fingerprint density at radius 1 is 1.48 bits per heavy atom. The van der Waals surface area contributed by atoms with Crippen LogP contribution in [0.3, 0.4) is 0 Å². The van der Waals surface area contributed by atoms with Crippen molar-refractivity contribution < 1.29 is 9.53 Å². The molecule has 7 heteroatoms. The number of amides is 1. The summed E-state index contributed by atoms with van der Waals surface area (Å²) in [6, 6.07) is 1.37. The van der Waals surface area contributed by atoms with Crippen LogP contribution in [0.5, 0.6) is 5.75 Å². The van der Waals surface area contributed by atoms with Crippen LogP contribution in [0.15, 0.2) is 29.5 Å². The van der Waals surface area contributed by atoms with E-state index in [0.717, 1.165) is 25.0 Å². The van der Waals surface area contributed by atoms with Crippen LogP contribution in [0.4, 0.5) is 0 Å². The second-order valence-corrected chi connectivity index (χ2v) is 5.90. The molecule has 122 valence electrons. The van der Waals surface area contributed by atoms with Crippen LogP contribution in [0.2, 0.25) is 0 Å². The van der Waals surface area contributed by atoms with Crippen molar-refractivity contribution >= 4 is 5.91 Å². The quantitative estimate of drug-likeness (QED) is 0.885. The monoisotopic (exact) mass is 316 g/mol. The molecule has 2 aromatic rings. The van der Waals surface area contributed by atoms with E-state index in [1.165, 1.54) is 6.07 Å². The van der Waals surface area contributed by atoms with E-state index in [-0.39, 0.29) is 29.0 Å². The van der Waals surface area contributed by atoms with Gasteiger partial charge in [0.25, 0.3) is 5.91 Å². The first-order valence-electron chi connectivity index (χ1n) is 7.68. The number of carbonyl (C=O) groups is 1. The molecular weight excluding hydrogens is 296 g/mol. The first-order chi connectivity index (χ1) is 11.0. The molecule has 0 unspecified atom stereocenters. The van der Waals surface area contributed by atoms with Crippen molar-refractivity contribution in [1.29, 1.82) is 0 Å². The summed E-state index contributed by atoms with van der Waals surface area (Å²) < 4.78 is 7.61. The minimum Gasteiger partial charge on any atom is -0.485 e. The van der Waals surface area contributed by atoms with Gasteiger partial charge in [-0.1, -0.05) is 0 Å². The predicted octanol–water partition coefficient (Wildman–Crippen LogP) is 1.15. The average Bonchev–Trinajstić information content (AvgIpc) is 3.16. The van der Waals surface area contributed by atoms with E-state index in [1.807, 2.05) is 14.0 Å². The molecule has 1 fully saturated rings. The van der Waals surface area contributed by atoms with Gasteiger partial charge in [0.1, 0.15) is 11.7 Å². The molecular formula is C16H20N4O3. The molecule has 0 bridgehead atoms. The fourth-order valence-corrected chi connectivity index (χ4v) is 2.86. The van der Waals surface area contributed by atoms with Gasteiger partial charge >= 0.3 is 0 Å².